The molecule has 4 aromatic heterocycles. The van der Waals surface area contributed by atoms with Crippen molar-refractivity contribution in [2.24, 2.45) is 0 Å². The normalized spacial score (nSPS) is 11.2. The zero-order chi connectivity index (χ0) is 16.7. The highest BCUT2D eigenvalue weighted by Gasteiger charge is 2.14. The first-order chi connectivity index (χ1) is 11.6. The average Bonchev–Trinajstić information content (AvgIpc) is 3.19. The Labute approximate surface area is 136 Å². The van der Waals surface area contributed by atoms with E-state index in [1.807, 2.05) is 19.1 Å². The number of nitrogens with one attached hydrogen (secondary N) is 1. The second-order valence-electron chi connectivity index (χ2n) is 5.48. The summed E-state index contributed by atoms with van der Waals surface area (Å²) >= 11 is 0. The van der Waals surface area contributed by atoms with Gasteiger partial charge in [0.05, 0.1) is 18.3 Å². The van der Waals surface area contributed by atoms with Gasteiger partial charge < -0.3 is 15.1 Å². The lowest BCUT2D eigenvalue weighted by atomic mass is 10.2. The lowest BCUT2D eigenvalue weighted by molar-refractivity contribution is 0.570. The fourth-order valence-electron chi connectivity index (χ4n) is 2.58. The van der Waals surface area contributed by atoms with Crippen LogP contribution in [0, 0.1) is 6.92 Å². The molecular weight excluding hydrogens is 308 g/mol. The summed E-state index contributed by atoms with van der Waals surface area (Å²) in [5, 5.41) is 0. The molecule has 8 nitrogen and oxygen atoms in total. The molecule has 0 aliphatic carbocycles. The van der Waals surface area contributed by atoms with E-state index in [1.54, 1.807) is 23.0 Å². The number of aromatic nitrogens is 5. The number of anilines is 1. The van der Waals surface area contributed by atoms with E-state index in [9.17, 15) is 4.79 Å². The van der Waals surface area contributed by atoms with Crippen molar-refractivity contribution >= 4 is 16.9 Å². The molecule has 0 bridgehead atoms. The highest BCUT2D eigenvalue weighted by atomic mass is 16.3. The Morgan fingerprint density at radius 2 is 2.21 bits per heavy atom. The number of nitrogens with zero attached hydrogens (tertiary/aromatic N) is 4. The number of oxazole rings is 1. The molecule has 0 saturated heterocycles. The number of nitrogens with two attached hydrogens (primary N) is 1. The molecule has 0 unspecified atom stereocenters. The van der Waals surface area contributed by atoms with Crippen LogP contribution in [0.1, 0.15) is 11.3 Å². The van der Waals surface area contributed by atoms with Gasteiger partial charge in [-0.05, 0) is 24.6 Å². The second kappa shape index (κ2) is 5.34. The molecule has 4 heterocycles. The SMILES string of the molecule is Cc1ccc(Cn2c(=O)[nH]c3c(N)nc(-c4cnco4)cc32)cn1. The Bertz CT molecular complexity index is 1060. The molecule has 0 aliphatic heterocycles. The van der Waals surface area contributed by atoms with Crippen LogP contribution in [0.4, 0.5) is 5.82 Å². The quantitative estimate of drug-likeness (QED) is 0.593. The van der Waals surface area contributed by atoms with Crippen molar-refractivity contribution in [1.29, 1.82) is 0 Å². The Balaban J connectivity index is 1.87. The van der Waals surface area contributed by atoms with E-state index in [0.717, 1.165) is 11.3 Å². The first-order valence-electron chi connectivity index (χ1n) is 7.31. The van der Waals surface area contributed by atoms with Crippen LogP contribution in [0.2, 0.25) is 0 Å². The van der Waals surface area contributed by atoms with Gasteiger partial charge in [0.25, 0.3) is 0 Å². The van der Waals surface area contributed by atoms with Gasteiger partial charge in [-0.25, -0.2) is 14.8 Å². The predicted molar refractivity (Wildman–Crippen MR) is 88.3 cm³/mol. The molecule has 3 N–H and O–H groups in total. The van der Waals surface area contributed by atoms with Gasteiger partial charge in [-0.15, -0.1) is 0 Å². The number of aromatic amines is 1. The molecule has 8 heteroatoms. The highest BCUT2D eigenvalue weighted by Crippen LogP contribution is 2.24. The molecule has 0 atom stereocenters. The maximum Gasteiger partial charge on any atom is 0.326 e. The van der Waals surface area contributed by atoms with E-state index in [-0.39, 0.29) is 11.5 Å². The van der Waals surface area contributed by atoms with Crippen molar-refractivity contribution in [3.05, 3.63) is 58.7 Å². The fourth-order valence-corrected chi connectivity index (χ4v) is 2.58. The Morgan fingerprint density at radius 3 is 2.92 bits per heavy atom. The van der Waals surface area contributed by atoms with E-state index in [4.69, 9.17) is 10.2 Å². The lowest BCUT2D eigenvalue weighted by Crippen LogP contribution is -2.17. The van der Waals surface area contributed by atoms with Crippen LogP contribution in [0.5, 0.6) is 0 Å². The van der Waals surface area contributed by atoms with Gasteiger partial charge in [0.15, 0.2) is 12.2 Å². The fraction of sp³-hybridized carbons (Fsp3) is 0.125. The van der Waals surface area contributed by atoms with E-state index in [2.05, 4.69) is 19.9 Å². The Hall–Kier alpha value is -3.42. The minimum absolute atomic E-state index is 0.233. The van der Waals surface area contributed by atoms with Gasteiger partial charge in [0.1, 0.15) is 17.0 Å². The highest BCUT2D eigenvalue weighted by molar-refractivity contribution is 5.87. The zero-order valence-corrected chi connectivity index (χ0v) is 12.9. The summed E-state index contributed by atoms with van der Waals surface area (Å²) in [5.41, 5.74) is 9.25. The maximum atomic E-state index is 12.3. The molecule has 0 radical (unpaired) electrons. The van der Waals surface area contributed by atoms with Gasteiger partial charge in [-0.1, -0.05) is 6.07 Å². The minimum atomic E-state index is -0.256. The number of nitrogen functional groups attached to an aromatic ring is 1. The van der Waals surface area contributed by atoms with E-state index >= 15 is 0 Å². The number of H-pyrrole nitrogens is 1. The summed E-state index contributed by atoms with van der Waals surface area (Å²) in [6, 6.07) is 5.60. The van der Waals surface area contributed by atoms with Crippen LogP contribution in [-0.4, -0.2) is 24.5 Å². The van der Waals surface area contributed by atoms with Crippen LogP contribution >= 0.6 is 0 Å². The molecule has 0 aromatic carbocycles. The molecular formula is C16H14N6O2. The minimum Gasteiger partial charge on any atom is -0.442 e. The van der Waals surface area contributed by atoms with Gasteiger partial charge >= 0.3 is 5.69 Å². The van der Waals surface area contributed by atoms with Gasteiger partial charge in [-0.3, -0.25) is 9.55 Å². The number of rotatable bonds is 3. The molecule has 0 spiro atoms. The third-order valence-electron chi connectivity index (χ3n) is 3.79. The number of imidazole rings is 1. The molecule has 4 aromatic rings. The van der Waals surface area contributed by atoms with Crippen molar-refractivity contribution in [2.75, 3.05) is 5.73 Å². The summed E-state index contributed by atoms with van der Waals surface area (Å²) in [4.78, 5) is 27.5. The smallest absolute Gasteiger partial charge is 0.326 e. The van der Waals surface area contributed by atoms with Crippen molar-refractivity contribution in [1.82, 2.24) is 24.5 Å². The Kier molecular flexibility index (Phi) is 3.16. The Morgan fingerprint density at radius 1 is 1.33 bits per heavy atom. The predicted octanol–water partition coefficient (Wildman–Crippen LogP) is 1.71. The molecule has 0 amide bonds. The molecule has 0 saturated carbocycles. The molecule has 0 aliphatic rings. The first-order valence-corrected chi connectivity index (χ1v) is 7.31. The number of hydrogen-bond donors (Lipinski definition) is 2. The number of aryl methyl sites for hydroxylation is 1. The maximum absolute atomic E-state index is 12.3. The van der Waals surface area contributed by atoms with Crippen LogP contribution in [0.15, 0.2) is 46.2 Å². The van der Waals surface area contributed by atoms with Gasteiger partial charge in [-0.2, -0.15) is 0 Å². The van der Waals surface area contributed by atoms with Crippen molar-refractivity contribution < 1.29 is 4.42 Å². The van der Waals surface area contributed by atoms with Gasteiger partial charge in [0.2, 0.25) is 0 Å². The topological polar surface area (TPSA) is 116 Å². The number of fused-ring (bicyclic) bond motifs is 1. The van der Waals surface area contributed by atoms with E-state index < -0.39 is 0 Å². The zero-order valence-electron chi connectivity index (χ0n) is 12.9. The largest absolute Gasteiger partial charge is 0.442 e. The third kappa shape index (κ3) is 2.34. The number of hydrogen-bond acceptors (Lipinski definition) is 6. The summed E-state index contributed by atoms with van der Waals surface area (Å²) in [7, 11) is 0. The van der Waals surface area contributed by atoms with Crippen molar-refractivity contribution in [2.45, 2.75) is 13.5 Å². The van der Waals surface area contributed by atoms with Crippen molar-refractivity contribution in [3.8, 4) is 11.5 Å². The number of pyridine rings is 2. The monoisotopic (exact) mass is 322 g/mol. The molecule has 120 valence electrons. The summed E-state index contributed by atoms with van der Waals surface area (Å²) in [6.07, 6.45) is 4.62. The standard InChI is InChI=1S/C16H14N6O2/c1-9-2-3-10(5-19-9)7-22-12-4-11(13-6-18-8-24-13)20-15(17)14(12)21-16(22)23/h2-6,8H,7H2,1H3,(H2,17,20)(H,21,23). The average molecular weight is 322 g/mol. The molecule has 4 rings (SSSR count). The van der Waals surface area contributed by atoms with E-state index in [1.165, 1.54) is 6.39 Å². The van der Waals surface area contributed by atoms with Crippen LogP contribution < -0.4 is 11.4 Å². The van der Waals surface area contributed by atoms with Crippen molar-refractivity contribution in [3.63, 3.8) is 0 Å². The van der Waals surface area contributed by atoms with E-state index in [0.29, 0.717) is 29.0 Å². The van der Waals surface area contributed by atoms with Crippen LogP contribution in [0.3, 0.4) is 0 Å². The summed E-state index contributed by atoms with van der Waals surface area (Å²) in [5.74, 6) is 0.720. The second-order valence-corrected chi connectivity index (χ2v) is 5.48. The lowest BCUT2D eigenvalue weighted by Gasteiger charge is -2.05. The van der Waals surface area contributed by atoms with Gasteiger partial charge in [0, 0.05) is 11.9 Å². The molecule has 24 heavy (non-hydrogen) atoms. The first kappa shape index (κ1) is 14.2. The van der Waals surface area contributed by atoms with Crippen LogP contribution in [0.25, 0.3) is 22.5 Å². The summed E-state index contributed by atoms with van der Waals surface area (Å²) in [6.45, 7) is 2.29. The third-order valence-corrected chi connectivity index (χ3v) is 3.79. The summed E-state index contributed by atoms with van der Waals surface area (Å²) < 4.78 is 6.86. The van der Waals surface area contributed by atoms with Crippen LogP contribution in [-0.2, 0) is 6.54 Å². The molecule has 0 fully saturated rings.